The molecule has 0 spiro atoms. The molecule has 0 radical (unpaired) electrons. The van der Waals surface area contributed by atoms with Gasteiger partial charge in [0.05, 0.1) is 23.0 Å². The van der Waals surface area contributed by atoms with E-state index in [9.17, 15) is 17.6 Å². The molecule has 0 saturated carbocycles. The molecule has 2 rings (SSSR count). The van der Waals surface area contributed by atoms with Gasteiger partial charge in [0.15, 0.2) is 0 Å². The molecule has 2 aromatic carbocycles. The molecule has 6 nitrogen and oxygen atoms in total. The lowest BCUT2D eigenvalue weighted by Crippen LogP contribution is -2.38. The summed E-state index contributed by atoms with van der Waals surface area (Å²) in [4.78, 5) is 11.8. The van der Waals surface area contributed by atoms with Crippen molar-refractivity contribution in [1.82, 2.24) is 10.0 Å². The van der Waals surface area contributed by atoms with Crippen LogP contribution in [0.4, 0.5) is 4.39 Å². The Morgan fingerprint density at radius 1 is 1.20 bits per heavy atom. The maximum Gasteiger partial charge on any atom is 0.242 e. The first-order chi connectivity index (χ1) is 11.8. The van der Waals surface area contributed by atoms with Gasteiger partial charge in [-0.3, -0.25) is 4.79 Å². The van der Waals surface area contributed by atoms with Gasteiger partial charge in [-0.2, -0.15) is 5.26 Å². The van der Waals surface area contributed by atoms with Gasteiger partial charge in [0.1, 0.15) is 11.9 Å². The van der Waals surface area contributed by atoms with Crippen LogP contribution in [0.1, 0.15) is 24.1 Å². The number of hydrogen-bond donors (Lipinski definition) is 2. The molecule has 2 N–H and O–H groups in total. The maximum absolute atomic E-state index is 12.9. The zero-order valence-electron chi connectivity index (χ0n) is 13.4. The summed E-state index contributed by atoms with van der Waals surface area (Å²) in [6, 6.07) is 12.7. The van der Waals surface area contributed by atoms with E-state index in [0.29, 0.717) is 5.56 Å². The number of carbonyl (C=O) groups excluding carboxylic acids is 1. The van der Waals surface area contributed by atoms with E-state index in [2.05, 4.69) is 10.0 Å². The van der Waals surface area contributed by atoms with Crippen LogP contribution in [-0.2, 0) is 14.8 Å². The topological polar surface area (TPSA) is 99.1 Å². The lowest BCUT2D eigenvalue weighted by atomic mass is 10.1. The average Bonchev–Trinajstić information content (AvgIpc) is 2.60. The highest BCUT2D eigenvalue weighted by Gasteiger charge is 2.19. The van der Waals surface area contributed by atoms with Crippen molar-refractivity contribution in [1.29, 1.82) is 5.26 Å². The number of benzene rings is 2. The Bertz CT molecular complexity index is 905. The van der Waals surface area contributed by atoms with Crippen LogP contribution < -0.4 is 10.0 Å². The lowest BCUT2D eigenvalue weighted by Gasteiger charge is -2.15. The van der Waals surface area contributed by atoms with Gasteiger partial charge in [-0.05, 0) is 36.8 Å². The van der Waals surface area contributed by atoms with E-state index in [4.69, 9.17) is 5.26 Å². The third kappa shape index (κ3) is 4.86. The summed E-state index contributed by atoms with van der Waals surface area (Å²) >= 11 is 0. The molecule has 0 unspecified atom stereocenters. The van der Waals surface area contributed by atoms with Crippen LogP contribution in [0.2, 0.25) is 0 Å². The minimum absolute atomic E-state index is 0.00455. The van der Waals surface area contributed by atoms with Gasteiger partial charge in [-0.1, -0.05) is 24.3 Å². The van der Waals surface area contributed by atoms with Gasteiger partial charge < -0.3 is 5.32 Å². The molecule has 0 saturated heterocycles. The molecule has 0 aliphatic heterocycles. The highest BCUT2D eigenvalue weighted by Crippen LogP contribution is 2.14. The van der Waals surface area contributed by atoms with Crippen molar-refractivity contribution in [2.75, 3.05) is 6.54 Å². The van der Waals surface area contributed by atoms with E-state index >= 15 is 0 Å². The van der Waals surface area contributed by atoms with Crippen LogP contribution in [0.3, 0.4) is 0 Å². The van der Waals surface area contributed by atoms with Gasteiger partial charge in [-0.25, -0.2) is 17.5 Å². The zero-order chi connectivity index (χ0) is 18.4. The second-order valence-electron chi connectivity index (χ2n) is 5.27. The van der Waals surface area contributed by atoms with Gasteiger partial charge in [0.25, 0.3) is 0 Å². The smallest absolute Gasteiger partial charge is 0.242 e. The first-order valence-electron chi connectivity index (χ1n) is 7.37. The molecule has 0 fully saturated rings. The fraction of sp³-hybridized carbons (Fsp3) is 0.176. The van der Waals surface area contributed by atoms with Crippen molar-refractivity contribution in [3.05, 3.63) is 65.5 Å². The van der Waals surface area contributed by atoms with E-state index < -0.39 is 28.5 Å². The van der Waals surface area contributed by atoms with Crippen LogP contribution >= 0.6 is 0 Å². The number of amides is 1. The summed E-state index contributed by atoms with van der Waals surface area (Å²) in [5.41, 5.74) is 0.683. The number of rotatable bonds is 6. The van der Waals surface area contributed by atoms with Crippen molar-refractivity contribution in [3.8, 4) is 6.07 Å². The molecular formula is C17H16FN3O3S. The van der Waals surface area contributed by atoms with Crippen LogP contribution in [0.5, 0.6) is 0 Å². The Balaban J connectivity index is 1.99. The predicted molar refractivity (Wildman–Crippen MR) is 89.3 cm³/mol. The fourth-order valence-corrected chi connectivity index (χ4v) is 3.30. The van der Waals surface area contributed by atoms with Gasteiger partial charge >= 0.3 is 0 Å². The summed E-state index contributed by atoms with van der Waals surface area (Å²) < 4.78 is 39.5. The van der Waals surface area contributed by atoms with Crippen molar-refractivity contribution in [2.45, 2.75) is 17.9 Å². The minimum atomic E-state index is -3.99. The third-order valence-corrected chi connectivity index (χ3v) is 4.93. The van der Waals surface area contributed by atoms with E-state index in [0.717, 1.165) is 0 Å². The molecule has 130 valence electrons. The SMILES string of the molecule is C[C@H](NC(=O)CNS(=O)(=O)c1ccccc1C#N)c1ccc(F)cc1. The van der Waals surface area contributed by atoms with Crippen LogP contribution in [0.15, 0.2) is 53.4 Å². The van der Waals surface area contributed by atoms with Crippen molar-refractivity contribution in [3.63, 3.8) is 0 Å². The first-order valence-corrected chi connectivity index (χ1v) is 8.85. The molecule has 1 amide bonds. The summed E-state index contributed by atoms with van der Waals surface area (Å²) in [5.74, 6) is -0.930. The summed E-state index contributed by atoms with van der Waals surface area (Å²) in [5, 5.41) is 11.6. The minimum Gasteiger partial charge on any atom is -0.348 e. The Kier molecular flexibility index (Phi) is 5.85. The fourth-order valence-electron chi connectivity index (χ4n) is 2.16. The van der Waals surface area contributed by atoms with E-state index in [1.54, 1.807) is 19.1 Å². The van der Waals surface area contributed by atoms with Crippen molar-refractivity contribution < 1.29 is 17.6 Å². The largest absolute Gasteiger partial charge is 0.348 e. The highest BCUT2D eigenvalue weighted by atomic mass is 32.2. The van der Waals surface area contributed by atoms with Crippen molar-refractivity contribution in [2.24, 2.45) is 0 Å². The van der Waals surface area contributed by atoms with E-state index in [1.165, 1.54) is 42.5 Å². The third-order valence-electron chi connectivity index (χ3n) is 3.47. The molecule has 2 aromatic rings. The van der Waals surface area contributed by atoms with E-state index in [1.807, 2.05) is 0 Å². The van der Waals surface area contributed by atoms with Gasteiger partial charge in [0.2, 0.25) is 15.9 Å². The summed E-state index contributed by atoms with van der Waals surface area (Å²) in [7, 11) is -3.99. The molecular weight excluding hydrogens is 345 g/mol. The van der Waals surface area contributed by atoms with E-state index in [-0.39, 0.29) is 16.3 Å². The van der Waals surface area contributed by atoms with Crippen molar-refractivity contribution >= 4 is 15.9 Å². The monoisotopic (exact) mass is 361 g/mol. The van der Waals surface area contributed by atoms with Crippen LogP contribution in [-0.4, -0.2) is 20.9 Å². The molecule has 0 aliphatic carbocycles. The Morgan fingerprint density at radius 2 is 1.84 bits per heavy atom. The average molecular weight is 361 g/mol. The number of nitrogens with one attached hydrogen (secondary N) is 2. The van der Waals surface area contributed by atoms with Crippen LogP contribution in [0, 0.1) is 17.1 Å². The van der Waals surface area contributed by atoms with Gasteiger partial charge in [0, 0.05) is 0 Å². The zero-order valence-corrected chi connectivity index (χ0v) is 14.2. The number of nitrogens with zero attached hydrogens (tertiary/aromatic N) is 1. The quantitative estimate of drug-likeness (QED) is 0.820. The Morgan fingerprint density at radius 3 is 2.48 bits per heavy atom. The number of sulfonamides is 1. The maximum atomic E-state index is 12.9. The second-order valence-corrected chi connectivity index (χ2v) is 7.01. The normalized spacial score (nSPS) is 12.2. The highest BCUT2D eigenvalue weighted by molar-refractivity contribution is 7.89. The summed E-state index contributed by atoms with van der Waals surface area (Å²) in [6.07, 6.45) is 0. The second kappa shape index (κ2) is 7.88. The first kappa shape index (κ1) is 18.6. The summed E-state index contributed by atoms with van der Waals surface area (Å²) in [6.45, 7) is 1.22. The predicted octanol–water partition coefficient (Wildman–Crippen LogP) is 1.85. The number of nitriles is 1. The van der Waals surface area contributed by atoms with Crippen LogP contribution in [0.25, 0.3) is 0 Å². The van der Waals surface area contributed by atoms with Gasteiger partial charge in [-0.15, -0.1) is 0 Å². The number of hydrogen-bond acceptors (Lipinski definition) is 4. The molecule has 0 bridgehead atoms. The number of halogens is 1. The number of carbonyl (C=O) groups is 1. The lowest BCUT2D eigenvalue weighted by molar-refractivity contribution is -0.120. The standard InChI is InChI=1S/C17H16FN3O3S/c1-12(13-6-8-15(18)9-7-13)21-17(22)11-20-25(23,24)16-5-3-2-4-14(16)10-19/h2-9,12,20H,11H2,1H3,(H,21,22)/t12-/m0/s1. The molecule has 0 aliphatic rings. The molecule has 25 heavy (non-hydrogen) atoms. The molecule has 0 heterocycles. The Hall–Kier alpha value is -2.76. The Labute approximate surface area is 145 Å². The molecule has 1 atom stereocenters. The molecule has 8 heteroatoms. The molecule has 0 aromatic heterocycles.